The van der Waals surface area contributed by atoms with Gasteiger partial charge < -0.3 is 15.2 Å². The molecule has 0 aliphatic heterocycles. The maximum Gasteiger partial charge on any atom is 0.0964 e. The van der Waals surface area contributed by atoms with Crippen LogP contribution in [0.5, 0.6) is 0 Å². The maximum atomic E-state index is 8.66. The van der Waals surface area contributed by atoms with Crippen molar-refractivity contribution in [1.29, 1.82) is 0 Å². The molecule has 0 unspecified atom stereocenters. The number of aliphatic hydroxyl groups excluding tert-OH is 1. The lowest BCUT2D eigenvalue weighted by molar-refractivity contribution is 0.199. The van der Waals surface area contributed by atoms with Gasteiger partial charge in [0.1, 0.15) is 0 Å². The van der Waals surface area contributed by atoms with Crippen LogP contribution in [0.2, 0.25) is 0 Å². The van der Waals surface area contributed by atoms with Crippen LogP contribution in [-0.4, -0.2) is 47.0 Å². The fraction of sp³-hybridized carbons (Fsp3) is 0.818. The smallest absolute Gasteiger partial charge is 0.0964 e. The van der Waals surface area contributed by atoms with Gasteiger partial charge in [-0.25, -0.2) is 0 Å². The van der Waals surface area contributed by atoms with E-state index in [-0.39, 0.29) is 6.61 Å². The number of hydrogen-bond donors (Lipinski definition) is 2. The Labute approximate surface area is 102 Å². The molecule has 0 amide bonds. The summed E-state index contributed by atoms with van der Waals surface area (Å²) in [4.78, 5) is 0. The molecule has 0 aromatic carbocycles. The van der Waals surface area contributed by atoms with E-state index in [1.54, 1.807) is 7.11 Å². The minimum Gasteiger partial charge on any atom is -0.396 e. The lowest BCUT2D eigenvalue weighted by Crippen LogP contribution is -2.18. The van der Waals surface area contributed by atoms with Crippen LogP contribution in [0.1, 0.15) is 25.0 Å². The number of methoxy groups -OCH3 is 1. The summed E-state index contributed by atoms with van der Waals surface area (Å²) >= 11 is 0. The SMILES string of the molecule is COCCNCc1cn(CCCCCO)nn1. The van der Waals surface area contributed by atoms with E-state index in [1.807, 2.05) is 10.9 Å². The minimum absolute atomic E-state index is 0.270. The zero-order valence-electron chi connectivity index (χ0n) is 10.4. The molecule has 0 aliphatic carbocycles. The number of unbranched alkanes of at least 4 members (excludes halogenated alkanes) is 2. The molecule has 0 saturated heterocycles. The van der Waals surface area contributed by atoms with E-state index in [0.29, 0.717) is 6.61 Å². The largest absolute Gasteiger partial charge is 0.396 e. The van der Waals surface area contributed by atoms with Crippen molar-refractivity contribution >= 4 is 0 Å². The Balaban J connectivity index is 2.14. The second-order valence-corrected chi connectivity index (χ2v) is 3.93. The molecule has 0 bridgehead atoms. The summed E-state index contributed by atoms with van der Waals surface area (Å²) < 4.78 is 6.79. The fourth-order valence-corrected chi connectivity index (χ4v) is 1.48. The first-order valence-corrected chi connectivity index (χ1v) is 6.06. The lowest BCUT2D eigenvalue weighted by atomic mass is 10.2. The molecule has 6 heteroatoms. The fourth-order valence-electron chi connectivity index (χ4n) is 1.48. The molecule has 1 rings (SSSR count). The van der Waals surface area contributed by atoms with Gasteiger partial charge in [-0.1, -0.05) is 5.21 Å². The van der Waals surface area contributed by atoms with E-state index in [2.05, 4.69) is 15.6 Å². The molecule has 6 nitrogen and oxygen atoms in total. The highest BCUT2D eigenvalue weighted by Gasteiger charge is 1.99. The Morgan fingerprint density at radius 1 is 1.41 bits per heavy atom. The van der Waals surface area contributed by atoms with Gasteiger partial charge in [0.05, 0.1) is 12.3 Å². The van der Waals surface area contributed by atoms with Crippen molar-refractivity contribution in [2.24, 2.45) is 0 Å². The molecule has 2 N–H and O–H groups in total. The van der Waals surface area contributed by atoms with Crippen molar-refractivity contribution in [3.05, 3.63) is 11.9 Å². The normalized spacial score (nSPS) is 10.9. The van der Waals surface area contributed by atoms with Gasteiger partial charge in [-0.3, -0.25) is 4.68 Å². The highest BCUT2D eigenvalue weighted by molar-refractivity contribution is 4.91. The molecular formula is C11H22N4O2. The van der Waals surface area contributed by atoms with Gasteiger partial charge in [0.25, 0.3) is 0 Å². The molecule has 1 heterocycles. The molecule has 0 saturated carbocycles. The van der Waals surface area contributed by atoms with Crippen molar-refractivity contribution in [2.45, 2.75) is 32.4 Å². The summed E-state index contributed by atoms with van der Waals surface area (Å²) in [5.74, 6) is 0. The summed E-state index contributed by atoms with van der Waals surface area (Å²) in [5.41, 5.74) is 0.947. The number of aryl methyl sites for hydroxylation is 1. The van der Waals surface area contributed by atoms with E-state index in [9.17, 15) is 0 Å². The molecule has 1 aromatic rings. The second-order valence-electron chi connectivity index (χ2n) is 3.93. The summed E-state index contributed by atoms with van der Waals surface area (Å²) in [5, 5.41) is 20.0. The van der Waals surface area contributed by atoms with Crippen molar-refractivity contribution in [2.75, 3.05) is 26.9 Å². The second kappa shape index (κ2) is 9.09. The van der Waals surface area contributed by atoms with Crippen LogP contribution in [-0.2, 0) is 17.8 Å². The summed E-state index contributed by atoms with van der Waals surface area (Å²) in [6, 6.07) is 0. The standard InChI is InChI=1S/C11H22N4O2/c1-17-8-5-12-9-11-10-15(14-13-11)6-3-2-4-7-16/h10,12,16H,2-9H2,1H3. The first kappa shape index (κ1) is 14.1. The van der Waals surface area contributed by atoms with Gasteiger partial charge in [0.15, 0.2) is 0 Å². The van der Waals surface area contributed by atoms with Gasteiger partial charge in [0.2, 0.25) is 0 Å². The van der Waals surface area contributed by atoms with Gasteiger partial charge in [-0.15, -0.1) is 5.10 Å². The van der Waals surface area contributed by atoms with Crippen LogP contribution >= 0.6 is 0 Å². The Morgan fingerprint density at radius 2 is 2.29 bits per heavy atom. The third-order valence-electron chi connectivity index (χ3n) is 2.42. The maximum absolute atomic E-state index is 8.66. The summed E-state index contributed by atoms with van der Waals surface area (Å²) in [6.45, 7) is 3.38. The molecule has 98 valence electrons. The van der Waals surface area contributed by atoms with E-state index in [0.717, 1.165) is 44.6 Å². The van der Waals surface area contributed by atoms with Crippen LogP contribution in [0, 0.1) is 0 Å². The van der Waals surface area contributed by atoms with Crippen LogP contribution in [0.25, 0.3) is 0 Å². The quantitative estimate of drug-likeness (QED) is 0.573. The third kappa shape index (κ3) is 6.35. The Hall–Kier alpha value is -0.980. The Bertz CT molecular complexity index is 264. The number of rotatable bonds is 10. The van der Waals surface area contributed by atoms with Crippen molar-refractivity contribution in [1.82, 2.24) is 20.3 Å². The first-order valence-electron chi connectivity index (χ1n) is 6.06. The predicted molar refractivity (Wildman–Crippen MR) is 64.5 cm³/mol. The number of nitrogens with zero attached hydrogens (tertiary/aromatic N) is 3. The number of ether oxygens (including phenoxy) is 1. The molecule has 17 heavy (non-hydrogen) atoms. The molecule has 0 spiro atoms. The molecule has 0 atom stereocenters. The molecule has 0 radical (unpaired) electrons. The number of aromatic nitrogens is 3. The number of nitrogens with one attached hydrogen (secondary N) is 1. The molecule has 0 aliphatic rings. The van der Waals surface area contributed by atoms with Crippen LogP contribution < -0.4 is 5.32 Å². The van der Waals surface area contributed by atoms with Crippen LogP contribution in [0.15, 0.2) is 6.20 Å². The average Bonchev–Trinajstić information content (AvgIpc) is 2.78. The first-order chi connectivity index (χ1) is 8.36. The van der Waals surface area contributed by atoms with Crippen LogP contribution in [0.4, 0.5) is 0 Å². The van der Waals surface area contributed by atoms with Crippen molar-refractivity contribution in [3.8, 4) is 0 Å². The topological polar surface area (TPSA) is 72.2 Å². The molecule has 1 aromatic heterocycles. The third-order valence-corrected chi connectivity index (χ3v) is 2.42. The van der Waals surface area contributed by atoms with E-state index < -0.39 is 0 Å². The van der Waals surface area contributed by atoms with E-state index in [4.69, 9.17) is 9.84 Å². The Kier molecular flexibility index (Phi) is 7.53. The van der Waals surface area contributed by atoms with E-state index in [1.165, 1.54) is 0 Å². The van der Waals surface area contributed by atoms with Gasteiger partial charge >= 0.3 is 0 Å². The zero-order chi connectivity index (χ0) is 12.3. The predicted octanol–water partition coefficient (Wildman–Crippen LogP) is 0.177. The highest BCUT2D eigenvalue weighted by Crippen LogP contribution is 1.99. The van der Waals surface area contributed by atoms with Crippen molar-refractivity contribution in [3.63, 3.8) is 0 Å². The van der Waals surface area contributed by atoms with E-state index >= 15 is 0 Å². The van der Waals surface area contributed by atoms with Gasteiger partial charge in [-0.2, -0.15) is 0 Å². The highest BCUT2D eigenvalue weighted by atomic mass is 16.5. The monoisotopic (exact) mass is 242 g/mol. The Morgan fingerprint density at radius 3 is 3.06 bits per heavy atom. The average molecular weight is 242 g/mol. The van der Waals surface area contributed by atoms with Crippen molar-refractivity contribution < 1.29 is 9.84 Å². The lowest BCUT2D eigenvalue weighted by Gasteiger charge is -2.00. The summed E-state index contributed by atoms with van der Waals surface area (Å²) in [7, 11) is 1.68. The molecular weight excluding hydrogens is 220 g/mol. The summed E-state index contributed by atoms with van der Waals surface area (Å²) in [6.07, 6.45) is 4.87. The minimum atomic E-state index is 0.270. The number of hydrogen-bond acceptors (Lipinski definition) is 5. The number of aliphatic hydroxyl groups is 1. The van der Waals surface area contributed by atoms with Gasteiger partial charge in [-0.05, 0) is 19.3 Å². The molecule has 0 fully saturated rings. The zero-order valence-corrected chi connectivity index (χ0v) is 10.4. The van der Waals surface area contributed by atoms with Crippen LogP contribution in [0.3, 0.4) is 0 Å². The van der Waals surface area contributed by atoms with Gasteiger partial charge in [0, 0.05) is 39.5 Å².